The van der Waals surface area contributed by atoms with Gasteiger partial charge in [0.2, 0.25) is 0 Å². The van der Waals surface area contributed by atoms with Crippen LogP contribution in [0.2, 0.25) is 0 Å². The van der Waals surface area contributed by atoms with E-state index in [1.165, 1.54) is 32.1 Å². The van der Waals surface area contributed by atoms with Crippen LogP contribution in [0.3, 0.4) is 0 Å². The van der Waals surface area contributed by atoms with Crippen molar-refractivity contribution in [3.63, 3.8) is 0 Å². The first kappa shape index (κ1) is 13.7. The summed E-state index contributed by atoms with van der Waals surface area (Å²) in [4.78, 5) is 0. The van der Waals surface area contributed by atoms with Gasteiger partial charge in [-0.15, -0.1) is 0 Å². The lowest BCUT2D eigenvalue weighted by Gasteiger charge is -2.10. The number of unbranched alkanes of at least 4 members (excludes halogenated alkanes) is 5. The lowest BCUT2D eigenvalue weighted by molar-refractivity contribution is 0.282. The van der Waals surface area contributed by atoms with E-state index in [0.29, 0.717) is 12.0 Å². The fourth-order valence-corrected chi connectivity index (χ4v) is 1.34. The lowest BCUT2D eigenvalue weighted by atomic mass is 9.95. The minimum atomic E-state index is 0.330. The van der Waals surface area contributed by atoms with Gasteiger partial charge in [0, 0.05) is 6.61 Å². The molecule has 0 amide bonds. The minimum absolute atomic E-state index is 0.330. The van der Waals surface area contributed by atoms with Gasteiger partial charge in [0.1, 0.15) is 0 Å². The number of rotatable bonds is 7. The van der Waals surface area contributed by atoms with Crippen LogP contribution < -0.4 is 0 Å². The number of allylic oxidation sites excluding steroid dienone is 2. The first-order chi connectivity index (χ1) is 6.56. The molecule has 0 aromatic rings. The van der Waals surface area contributed by atoms with Crippen molar-refractivity contribution in [3.8, 4) is 0 Å². The highest BCUT2D eigenvalue weighted by Crippen LogP contribution is 2.15. The lowest BCUT2D eigenvalue weighted by Crippen LogP contribution is -1.98. The Labute approximate surface area is 89.2 Å². The molecule has 0 fully saturated rings. The summed E-state index contributed by atoms with van der Waals surface area (Å²) in [5, 5.41) is 8.59. The Balaban J connectivity index is 3.17. The first-order valence-corrected chi connectivity index (χ1v) is 5.85. The third-order valence-electron chi connectivity index (χ3n) is 2.15. The van der Waals surface area contributed by atoms with Crippen molar-refractivity contribution in [2.45, 2.75) is 59.3 Å². The van der Waals surface area contributed by atoms with E-state index in [2.05, 4.69) is 32.9 Å². The van der Waals surface area contributed by atoms with Crippen molar-refractivity contribution in [1.82, 2.24) is 0 Å². The van der Waals surface area contributed by atoms with Crippen LogP contribution >= 0.6 is 0 Å². The van der Waals surface area contributed by atoms with Crippen LogP contribution in [0.4, 0.5) is 0 Å². The molecule has 1 N–H and O–H groups in total. The third kappa shape index (κ3) is 11.7. The fourth-order valence-electron chi connectivity index (χ4n) is 1.34. The van der Waals surface area contributed by atoms with E-state index in [4.69, 9.17) is 5.11 Å². The summed E-state index contributed by atoms with van der Waals surface area (Å²) in [5.74, 6) is 0. The molecule has 0 saturated heterocycles. The summed E-state index contributed by atoms with van der Waals surface area (Å²) in [6.07, 6.45) is 11.8. The smallest absolute Gasteiger partial charge is 0.0431 e. The average molecular weight is 198 g/mol. The second kappa shape index (κ2) is 8.05. The van der Waals surface area contributed by atoms with Crippen LogP contribution in [0.25, 0.3) is 0 Å². The van der Waals surface area contributed by atoms with Crippen LogP contribution in [-0.4, -0.2) is 11.7 Å². The predicted octanol–water partition coefficient (Wildman–Crippen LogP) is 3.92. The Morgan fingerprint density at radius 2 is 1.50 bits per heavy atom. The molecule has 1 nitrogen and oxygen atoms in total. The predicted molar refractivity (Wildman–Crippen MR) is 63.4 cm³/mol. The maximum atomic E-state index is 8.59. The molecule has 0 aliphatic carbocycles. The molecule has 0 unspecified atom stereocenters. The molecule has 14 heavy (non-hydrogen) atoms. The van der Waals surface area contributed by atoms with Crippen molar-refractivity contribution in [2.24, 2.45) is 5.41 Å². The zero-order valence-corrected chi connectivity index (χ0v) is 10.1. The topological polar surface area (TPSA) is 20.2 Å². The number of hydrogen-bond donors (Lipinski definition) is 1. The summed E-state index contributed by atoms with van der Waals surface area (Å²) < 4.78 is 0. The molecule has 0 aliphatic heterocycles. The normalized spacial score (nSPS) is 12.6. The largest absolute Gasteiger partial charge is 0.396 e. The summed E-state index contributed by atoms with van der Waals surface area (Å²) in [6, 6.07) is 0. The van der Waals surface area contributed by atoms with Crippen LogP contribution in [0.15, 0.2) is 12.2 Å². The monoisotopic (exact) mass is 198 g/mol. The second-order valence-corrected chi connectivity index (χ2v) is 5.05. The number of hydrogen-bond acceptors (Lipinski definition) is 1. The third-order valence-corrected chi connectivity index (χ3v) is 2.15. The van der Waals surface area contributed by atoms with E-state index in [9.17, 15) is 0 Å². The van der Waals surface area contributed by atoms with Crippen LogP contribution in [0.5, 0.6) is 0 Å². The van der Waals surface area contributed by atoms with E-state index in [-0.39, 0.29) is 0 Å². The van der Waals surface area contributed by atoms with Crippen LogP contribution in [0.1, 0.15) is 59.3 Å². The summed E-state index contributed by atoms with van der Waals surface area (Å²) in [6.45, 7) is 7.03. The van der Waals surface area contributed by atoms with Crippen LogP contribution in [0, 0.1) is 5.41 Å². The molecule has 0 heterocycles. The Morgan fingerprint density at radius 3 is 2.07 bits per heavy atom. The molecule has 0 bridgehead atoms. The van der Waals surface area contributed by atoms with Gasteiger partial charge in [-0.25, -0.2) is 0 Å². The molecular weight excluding hydrogens is 172 g/mol. The molecular formula is C13H26O. The maximum absolute atomic E-state index is 8.59. The molecule has 0 radical (unpaired) electrons. The van der Waals surface area contributed by atoms with Gasteiger partial charge in [-0.2, -0.15) is 0 Å². The van der Waals surface area contributed by atoms with Crippen molar-refractivity contribution < 1.29 is 5.11 Å². The first-order valence-electron chi connectivity index (χ1n) is 5.85. The molecule has 0 rings (SSSR count). The molecule has 0 aliphatic rings. The van der Waals surface area contributed by atoms with Gasteiger partial charge in [0.15, 0.2) is 0 Å². The SMILES string of the molecule is CC(C)(C)/C=C/CCCCCCCO. The highest BCUT2D eigenvalue weighted by atomic mass is 16.2. The Hall–Kier alpha value is -0.300. The van der Waals surface area contributed by atoms with Gasteiger partial charge in [0.25, 0.3) is 0 Å². The van der Waals surface area contributed by atoms with Gasteiger partial charge in [-0.05, 0) is 24.7 Å². The maximum Gasteiger partial charge on any atom is 0.0431 e. The van der Waals surface area contributed by atoms with Gasteiger partial charge in [-0.3, -0.25) is 0 Å². The van der Waals surface area contributed by atoms with Crippen molar-refractivity contribution in [1.29, 1.82) is 0 Å². The second-order valence-electron chi connectivity index (χ2n) is 5.05. The summed E-state index contributed by atoms with van der Waals surface area (Å²) in [7, 11) is 0. The van der Waals surface area contributed by atoms with Gasteiger partial charge in [-0.1, -0.05) is 52.2 Å². The molecule has 1 heteroatoms. The standard InChI is InChI=1S/C13H26O/c1-13(2,3)11-9-7-5-4-6-8-10-12-14/h9,11,14H,4-8,10,12H2,1-3H3/b11-9+. The molecule has 0 saturated carbocycles. The molecule has 0 aromatic carbocycles. The summed E-state index contributed by atoms with van der Waals surface area (Å²) >= 11 is 0. The highest BCUT2D eigenvalue weighted by Gasteiger charge is 2.02. The van der Waals surface area contributed by atoms with Crippen molar-refractivity contribution in [3.05, 3.63) is 12.2 Å². The Kier molecular flexibility index (Phi) is 7.87. The van der Waals surface area contributed by atoms with Gasteiger partial charge >= 0.3 is 0 Å². The Morgan fingerprint density at radius 1 is 0.929 bits per heavy atom. The zero-order chi connectivity index (χ0) is 10.9. The van der Waals surface area contributed by atoms with E-state index >= 15 is 0 Å². The molecule has 0 aromatic heterocycles. The van der Waals surface area contributed by atoms with E-state index < -0.39 is 0 Å². The molecule has 84 valence electrons. The van der Waals surface area contributed by atoms with Crippen molar-refractivity contribution in [2.75, 3.05) is 6.61 Å². The van der Waals surface area contributed by atoms with Crippen LogP contribution in [-0.2, 0) is 0 Å². The van der Waals surface area contributed by atoms with Crippen molar-refractivity contribution >= 4 is 0 Å². The summed E-state index contributed by atoms with van der Waals surface area (Å²) in [5.41, 5.74) is 0.330. The number of aliphatic hydroxyl groups is 1. The van der Waals surface area contributed by atoms with E-state index in [0.717, 1.165) is 6.42 Å². The minimum Gasteiger partial charge on any atom is -0.396 e. The number of aliphatic hydroxyl groups excluding tert-OH is 1. The van der Waals surface area contributed by atoms with E-state index in [1.807, 2.05) is 0 Å². The van der Waals surface area contributed by atoms with Gasteiger partial charge in [0.05, 0.1) is 0 Å². The van der Waals surface area contributed by atoms with Gasteiger partial charge < -0.3 is 5.11 Å². The zero-order valence-electron chi connectivity index (χ0n) is 10.1. The average Bonchev–Trinajstić information content (AvgIpc) is 2.08. The quantitative estimate of drug-likeness (QED) is 0.485. The Bertz CT molecular complexity index is 142. The molecule has 0 atom stereocenters. The fraction of sp³-hybridized carbons (Fsp3) is 0.846. The van der Waals surface area contributed by atoms with E-state index in [1.54, 1.807) is 0 Å². The highest BCUT2D eigenvalue weighted by molar-refractivity contribution is 4.91. The molecule has 0 spiro atoms.